The van der Waals surface area contributed by atoms with Gasteiger partial charge in [-0.05, 0) is 37.1 Å². The maximum atomic E-state index is 12.0. The fourth-order valence-electron chi connectivity index (χ4n) is 3.18. The SMILES string of the molecule is CCN(c1cccc(C)c1)c1ncnc(N(C)Cc2ccccc2)c1[N+](=O)[O-]. The molecule has 0 radical (unpaired) electrons. The molecule has 28 heavy (non-hydrogen) atoms. The van der Waals surface area contributed by atoms with E-state index in [0.29, 0.717) is 24.7 Å². The average molecular weight is 377 g/mol. The minimum Gasteiger partial charge on any atom is -0.349 e. The Labute approximate surface area is 164 Å². The summed E-state index contributed by atoms with van der Waals surface area (Å²) in [7, 11) is 1.80. The molecule has 7 heteroatoms. The first kappa shape index (κ1) is 19.3. The van der Waals surface area contributed by atoms with E-state index in [4.69, 9.17) is 0 Å². The summed E-state index contributed by atoms with van der Waals surface area (Å²) in [6.07, 6.45) is 1.39. The van der Waals surface area contributed by atoms with Gasteiger partial charge in [0.2, 0.25) is 11.6 Å². The molecule has 0 bridgehead atoms. The highest BCUT2D eigenvalue weighted by atomic mass is 16.6. The monoisotopic (exact) mass is 377 g/mol. The highest BCUT2D eigenvalue weighted by Gasteiger charge is 2.29. The molecule has 3 rings (SSSR count). The summed E-state index contributed by atoms with van der Waals surface area (Å²) in [5, 5.41) is 12.0. The Balaban J connectivity index is 2.05. The predicted molar refractivity (Wildman–Crippen MR) is 111 cm³/mol. The molecular formula is C21H23N5O2. The first-order chi connectivity index (χ1) is 13.5. The zero-order valence-electron chi connectivity index (χ0n) is 16.2. The molecule has 7 nitrogen and oxygen atoms in total. The third kappa shape index (κ3) is 4.09. The normalized spacial score (nSPS) is 10.5. The van der Waals surface area contributed by atoms with E-state index in [1.165, 1.54) is 6.33 Å². The molecule has 0 aliphatic carbocycles. The minimum atomic E-state index is -0.398. The van der Waals surface area contributed by atoms with E-state index in [2.05, 4.69) is 9.97 Å². The standard InChI is InChI=1S/C21H23N5O2/c1-4-25(18-12-8-9-16(2)13-18)21-19(26(27)28)20(22-15-23-21)24(3)14-17-10-6-5-7-11-17/h5-13,15H,4,14H2,1-3H3. The summed E-state index contributed by atoms with van der Waals surface area (Å²) in [5.74, 6) is 0.591. The predicted octanol–water partition coefficient (Wildman–Crippen LogP) is 4.49. The number of anilines is 3. The van der Waals surface area contributed by atoms with Crippen LogP contribution in [0.3, 0.4) is 0 Å². The van der Waals surface area contributed by atoms with Gasteiger partial charge in [-0.25, -0.2) is 9.97 Å². The van der Waals surface area contributed by atoms with Crippen LogP contribution >= 0.6 is 0 Å². The molecule has 0 N–H and O–H groups in total. The Kier molecular flexibility index (Phi) is 5.84. The first-order valence-corrected chi connectivity index (χ1v) is 9.10. The summed E-state index contributed by atoms with van der Waals surface area (Å²) in [6, 6.07) is 17.6. The zero-order valence-corrected chi connectivity index (χ0v) is 16.2. The van der Waals surface area contributed by atoms with E-state index in [1.807, 2.05) is 73.3 Å². The van der Waals surface area contributed by atoms with Crippen LogP contribution in [-0.4, -0.2) is 28.5 Å². The van der Waals surface area contributed by atoms with E-state index in [1.54, 1.807) is 11.9 Å². The van der Waals surface area contributed by atoms with E-state index < -0.39 is 4.92 Å². The van der Waals surface area contributed by atoms with Gasteiger partial charge in [0.25, 0.3) is 0 Å². The molecule has 144 valence electrons. The van der Waals surface area contributed by atoms with Crippen LogP contribution in [0.1, 0.15) is 18.1 Å². The van der Waals surface area contributed by atoms with E-state index in [0.717, 1.165) is 16.8 Å². The van der Waals surface area contributed by atoms with Crippen molar-refractivity contribution in [3.63, 3.8) is 0 Å². The lowest BCUT2D eigenvalue weighted by atomic mass is 10.2. The molecule has 0 saturated heterocycles. The topological polar surface area (TPSA) is 75.4 Å². The van der Waals surface area contributed by atoms with Gasteiger partial charge in [0, 0.05) is 25.8 Å². The van der Waals surface area contributed by atoms with Crippen molar-refractivity contribution in [1.29, 1.82) is 0 Å². The van der Waals surface area contributed by atoms with Crippen LogP contribution in [0.25, 0.3) is 0 Å². The zero-order chi connectivity index (χ0) is 20.1. The number of nitrogens with zero attached hydrogens (tertiary/aromatic N) is 5. The molecular weight excluding hydrogens is 354 g/mol. The van der Waals surface area contributed by atoms with Gasteiger partial charge in [-0.15, -0.1) is 0 Å². The molecule has 0 atom stereocenters. The molecule has 0 spiro atoms. The number of aryl methyl sites for hydroxylation is 1. The van der Waals surface area contributed by atoms with Crippen molar-refractivity contribution < 1.29 is 4.92 Å². The lowest BCUT2D eigenvalue weighted by Crippen LogP contribution is -2.23. The largest absolute Gasteiger partial charge is 0.353 e. The second-order valence-corrected chi connectivity index (χ2v) is 6.55. The molecule has 0 unspecified atom stereocenters. The second kappa shape index (κ2) is 8.47. The summed E-state index contributed by atoms with van der Waals surface area (Å²) in [6.45, 7) is 4.99. The van der Waals surface area contributed by atoms with Crippen molar-refractivity contribution in [2.75, 3.05) is 23.4 Å². The molecule has 1 heterocycles. The van der Waals surface area contributed by atoms with Crippen LogP contribution in [0.2, 0.25) is 0 Å². The summed E-state index contributed by atoms with van der Waals surface area (Å²) in [4.78, 5) is 23.7. The van der Waals surface area contributed by atoms with Crippen LogP contribution < -0.4 is 9.80 Å². The van der Waals surface area contributed by atoms with Gasteiger partial charge in [0.05, 0.1) is 4.92 Å². The molecule has 2 aromatic carbocycles. The van der Waals surface area contributed by atoms with Crippen molar-refractivity contribution in [3.8, 4) is 0 Å². The van der Waals surface area contributed by atoms with Crippen molar-refractivity contribution in [2.24, 2.45) is 0 Å². The van der Waals surface area contributed by atoms with Gasteiger partial charge in [-0.2, -0.15) is 0 Å². The number of hydrogen-bond acceptors (Lipinski definition) is 6. The van der Waals surface area contributed by atoms with Gasteiger partial charge < -0.3 is 9.80 Å². The Morgan fingerprint density at radius 1 is 1.04 bits per heavy atom. The molecule has 1 aromatic heterocycles. The van der Waals surface area contributed by atoms with Crippen molar-refractivity contribution in [2.45, 2.75) is 20.4 Å². The van der Waals surface area contributed by atoms with Crippen LogP contribution in [0, 0.1) is 17.0 Å². The third-order valence-electron chi connectivity index (χ3n) is 4.48. The van der Waals surface area contributed by atoms with Gasteiger partial charge in [-0.3, -0.25) is 10.1 Å². The van der Waals surface area contributed by atoms with Gasteiger partial charge >= 0.3 is 5.69 Å². The highest BCUT2D eigenvalue weighted by Crippen LogP contribution is 2.37. The first-order valence-electron chi connectivity index (χ1n) is 9.10. The number of rotatable bonds is 7. The maximum Gasteiger partial charge on any atom is 0.353 e. The number of nitro groups is 1. The van der Waals surface area contributed by atoms with Gasteiger partial charge in [0.1, 0.15) is 6.33 Å². The number of benzene rings is 2. The van der Waals surface area contributed by atoms with Crippen molar-refractivity contribution in [3.05, 3.63) is 82.2 Å². The fraction of sp³-hybridized carbons (Fsp3) is 0.238. The van der Waals surface area contributed by atoms with E-state index >= 15 is 0 Å². The molecule has 0 aliphatic heterocycles. The highest BCUT2D eigenvalue weighted by molar-refractivity contribution is 5.76. The smallest absolute Gasteiger partial charge is 0.349 e. The van der Waals surface area contributed by atoms with Crippen LogP contribution in [0.15, 0.2) is 60.9 Å². The van der Waals surface area contributed by atoms with Crippen molar-refractivity contribution >= 4 is 23.0 Å². The minimum absolute atomic E-state index is 0.0933. The number of aromatic nitrogens is 2. The van der Waals surface area contributed by atoms with Gasteiger partial charge in [-0.1, -0.05) is 42.5 Å². The second-order valence-electron chi connectivity index (χ2n) is 6.55. The van der Waals surface area contributed by atoms with Gasteiger partial charge in [0.15, 0.2) is 0 Å². The lowest BCUT2D eigenvalue weighted by Gasteiger charge is -2.24. The Hall–Kier alpha value is -3.48. The summed E-state index contributed by atoms with van der Waals surface area (Å²) in [5.41, 5.74) is 2.89. The Morgan fingerprint density at radius 3 is 2.39 bits per heavy atom. The van der Waals surface area contributed by atoms with E-state index in [-0.39, 0.29) is 5.69 Å². The van der Waals surface area contributed by atoms with Crippen molar-refractivity contribution in [1.82, 2.24) is 9.97 Å². The van der Waals surface area contributed by atoms with E-state index in [9.17, 15) is 10.1 Å². The quantitative estimate of drug-likeness (QED) is 0.446. The summed E-state index contributed by atoms with van der Waals surface area (Å²) >= 11 is 0. The lowest BCUT2D eigenvalue weighted by molar-refractivity contribution is -0.383. The number of hydrogen-bond donors (Lipinski definition) is 0. The molecule has 0 aliphatic rings. The summed E-state index contributed by atoms with van der Waals surface area (Å²) < 4.78 is 0. The molecule has 3 aromatic rings. The average Bonchev–Trinajstić information content (AvgIpc) is 2.69. The molecule has 0 fully saturated rings. The van der Waals surface area contributed by atoms with Crippen LogP contribution in [0.4, 0.5) is 23.0 Å². The molecule has 0 saturated carbocycles. The maximum absolute atomic E-state index is 12.0. The fourth-order valence-corrected chi connectivity index (χ4v) is 3.18. The Bertz CT molecular complexity index is 962. The van der Waals surface area contributed by atoms with Crippen LogP contribution in [0.5, 0.6) is 0 Å². The molecule has 0 amide bonds. The Morgan fingerprint density at radius 2 is 1.75 bits per heavy atom. The van der Waals surface area contributed by atoms with Crippen LogP contribution in [-0.2, 0) is 6.54 Å². The third-order valence-corrected chi connectivity index (χ3v) is 4.48.